The van der Waals surface area contributed by atoms with Crippen molar-refractivity contribution in [1.29, 1.82) is 0 Å². The van der Waals surface area contributed by atoms with Crippen LogP contribution in [0.2, 0.25) is 0 Å². The molecule has 0 bridgehead atoms. The van der Waals surface area contributed by atoms with Crippen LogP contribution in [0, 0.1) is 17.0 Å². The van der Waals surface area contributed by atoms with E-state index in [0.29, 0.717) is 17.0 Å². The molecule has 0 atom stereocenters. The normalized spacial score (nSPS) is 10.8. The number of benzene rings is 3. The predicted octanol–water partition coefficient (Wildman–Crippen LogP) is 3.73. The Morgan fingerprint density at radius 3 is 2.36 bits per heavy atom. The summed E-state index contributed by atoms with van der Waals surface area (Å²) in [7, 11) is -2.43. The van der Waals surface area contributed by atoms with E-state index in [4.69, 9.17) is 9.47 Å². The molecule has 0 aliphatic rings. The summed E-state index contributed by atoms with van der Waals surface area (Å²) in [6.45, 7) is 1.14. The Hall–Kier alpha value is -4.12. The van der Waals surface area contributed by atoms with E-state index in [9.17, 15) is 23.3 Å². The molecular formula is C22H21N3O7S. The number of hydrogen-bond acceptors (Lipinski definition) is 7. The van der Waals surface area contributed by atoms with Crippen molar-refractivity contribution in [3.05, 3.63) is 82.4 Å². The largest absolute Gasteiger partial charge is 0.497 e. The lowest BCUT2D eigenvalue weighted by molar-refractivity contribution is -0.385. The van der Waals surface area contributed by atoms with Crippen molar-refractivity contribution in [3.8, 4) is 11.5 Å². The molecule has 0 heterocycles. The van der Waals surface area contributed by atoms with E-state index in [2.05, 4.69) is 10.0 Å². The number of nitrogens with one attached hydrogen (secondary N) is 2. The van der Waals surface area contributed by atoms with Gasteiger partial charge in [-0.15, -0.1) is 0 Å². The molecule has 0 unspecified atom stereocenters. The van der Waals surface area contributed by atoms with Gasteiger partial charge in [-0.3, -0.25) is 19.6 Å². The van der Waals surface area contributed by atoms with Crippen LogP contribution in [0.5, 0.6) is 11.5 Å². The van der Waals surface area contributed by atoms with Gasteiger partial charge in [0.2, 0.25) is 0 Å². The zero-order chi connectivity index (χ0) is 24.0. The molecule has 0 saturated carbocycles. The van der Waals surface area contributed by atoms with Crippen molar-refractivity contribution in [1.82, 2.24) is 0 Å². The zero-order valence-electron chi connectivity index (χ0n) is 17.8. The van der Waals surface area contributed by atoms with Crippen LogP contribution in [-0.2, 0) is 14.8 Å². The van der Waals surface area contributed by atoms with Crippen molar-refractivity contribution in [2.45, 2.75) is 11.8 Å². The molecule has 1 amide bonds. The van der Waals surface area contributed by atoms with Crippen molar-refractivity contribution >= 4 is 33.0 Å². The Morgan fingerprint density at radius 2 is 1.70 bits per heavy atom. The number of carbonyl (C=O) groups is 1. The fourth-order valence-electron chi connectivity index (χ4n) is 2.91. The molecule has 0 aromatic heterocycles. The van der Waals surface area contributed by atoms with Crippen LogP contribution in [0.25, 0.3) is 0 Å². The Balaban J connectivity index is 1.71. The van der Waals surface area contributed by atoms with E-state index in [-0.39, 0.29) is 22.0 Å². The minimum atomic E-state index is -3.94. The molecule has 10 nitrogen and oxygen atoms in total. The number of amides is 1. The van der Waals surface area contributed by atoms with Gasteiger partial charge in [0.05, 0.1) is 16.9 Å². The van der Waals surface area contributed by atoms with Crippen molar-refractivity contribution in [3.63, 3.8) is 0 Å². The summed E-state index contributed by atoms with van der Waals surface area (Å²) < 4.78 is 38.6. The number of ether oxygens (including phenoxy) is 2. The fraction of sp³-hybridized carbons (Fsp3) is 0.136. The van der Waals surface area contributed by atoms with Crippen LogP contribution in [0.1, 0.15) is 5.56 Å². The van der Waals surface area contributed by atoms with E-state index >= 15 is 0 Å². The highest BCUT2D eigenvalue weighted by molar-refractivity contribution is 7.92. The van der Waals surface area contributed by atoms with Crippen molar-refractivity contribution in [2.24, 2.45) is 0 Å². The molecule has 11 heteroatoms. The van der Waals surface area contributed by atoms with Crippen LogP contribution in [0.4, 0.5) is 17.1 Å². The number of para-hydroxylation sites is 2. The van der Waals surface area contributed by atoms with Gasteiger partial charge < -0.3 is 14.8 Å². The van der Waals surface area contributed by atoms with E-state index in [1.807, 2.05) is 0 Å². The zero-order valence-corrected chi connectivity index (χ0v) is 18.6. The first-order chi connectivity index (χ1) is 15.7. The molecular weight excluding hydrogens is 450 g/mol. The third-order valence-corrected chi connectivity index (χ3v) is 6.05. The van der Waals surface area contributed by atoms with Gasteiger partial charge in [0.15, 0.2) is 12.4 Å². The number of rotatable bonds is 9. The van der Waals surface area contributed by atoms with Gasteiger partial charge in [-0.05, 0) is 55.0 Å². The Kier molecular flexibility index (Phi) is 7.13. The summed E-state index contributed by atoms with van der Waals surface area (Å²) in [5.41, 5.74) is 0.790. The first-order valence-electron chi connectivity index (χ1n) is 9.63. The van der Waals surface area contributed by atoms with Crippen molar-refractivity contribution in [2.75, 3.05) is 23.8 Å². The van der Waals surface area contributed by atoms with Crippen LogP contribution >= 0.6 is 0 Å². The summed E-state index contributed by atoms with van der Waals surface area (Å²) in [5, 5.41) is 13.6. The number of carbonyl (C=O) groups excluding carboxylic acids is 1. The summed E-state index contributed by atoms with van der Waals surface area (Å²) in [6.07, 6.45) is 0. The van der Waals surface area contributed by atoms with Gasteiger partial charge in [-0.2, -0.15) is 0 Å². The number of methoxy groups -OCH3 is 1. The lowest BCUT2D eigenvalue weighted by Crippen LogP contribution is -2.21. The van der Waals surface area contributed by atoms with E-state index in [0.717, 1.165) is 0 Å². The number of nitrogens with zero attached hydrogens (tertiary/aromatic N) is 1. The first-order valence-corrected chi connectivity index (χ1v) is 11.1. The fourth-order valence-corrected chi connectivity index (χ4v) is 4.24. The first kappa shape index (κ1) is 23.5. The molecule has 3 rings (SSSR count). The van der Waals surface area contributed by atoms with Crippen LogP contribution in [-0.4, -0.2) is 33.0 Å². The molecule has 0 spiro atoms. The number of aryl methyl sites for hydroxylation is 1. The second kappa shape index (κ2) is 10.0. The van der Waals surface area contributed by atoms with Gasteiger partial charge in [-0.25, -0.2) is 8.42 Å². The van der Waals surface area contributed by atoms with Gasteiger partial charge in [0.25, 0.3) is 15.9 Å². The average Bonchev–Trinajstić information content (AvgIpc) is 2.79. The Morgan fingerprint density at radius 1 is 1.03 bits per heavy atom. The standard InChI is InChI=1S/C22H21N3O7S/c1-15-7-8-17(23-22(26)14-32-20-6-4-3-5-19(20)25(27)28)13-21(15)33(29,30)24-16-9-11-18(31-2)12-10-16/h3-13,24H,14H2,1-2H3,(H,23,26). The number of sulfonamides is 1. The number of nitro benzene ring substituents is 1. The molecule has 0 radical (unpaired) electrons. The maximum absolute atomic E-state index is 12.9. The minimum Gasteiger partial charge on any atom is -0.497 e. The average molecular weight is 471 g/mol. The number of anilines is 2. The molecule has 0 saturated heterocycles. The summed E-state index contributed by atoms with van der Waals surface area (Å²) in [4.78, 5) is 22.7. The minimum absolute atomic E-state index is 0.0178. The second-order valence-corrected chi connectivity index (χ2v) is 8.53. The molecule has 33 heavy (non-hydrogen) atoms. The van der Waals surface area contributed by atoms with Crippen LogP contribution in [0.3, 0.4) is 0 Å². The summed E-state index contributed by atoms with van der Waals surface area (Å²) in [5.74, 6) is -0.0705. The molecule has 0 aliphatic heterocycles. The third kappa shape index (κ3) is 5.98. The maximum Gasteiger partial charge on any atom is 0.310 e. The van der Waals surface area contributed by atoms with Crippen LogP contribution < -0.4 is 19.5 Å². The lowest BCUT2D eigenvalue weighted by atomic mass is 10.2. The molecule has 0 aliphatic carbocycles. The number of hydrogen-bond donors (Lipinski definition) is 2. The predicted molar refractivity (Wildman–Crippen MR) is 122 cm³/mol. The summed E-state index contributed by atoms with van der Waals surface area (Å²) in [6, 6.07) is 16.5. The summed E-state index contributed by atoms with van der Waals surface area (Å²) >= 11 is 0. The van der Waals surface area contributed by atoms with Gasteiger partial charge in [0, 0.05) is 17.4 Å². The molecule has 0 fully saturated rings. The smallest absolute Gasteiger partial charge is 0.310 e. The van der Waals surface area contributed by atoms with E-state index in [1.165, 1.54) is 31.4 Å². The second-order valence-electron chi connectivity index (χ2n) is 6.88. The molecule has 3 aromatic carbocycles. The number of nitro groups is 1. The monoisotopic (exact) mass is 471 g/mol. The Bertz CT molecular complexity index is 1280. The highest BCUT2D eigenvalue weighted by Gasteiger charge is 2.19. The quantitative estimate of drug-likeness (QED) is 0.358. The van der Waals surface area contributed by atoms with Gasteiger partial charge in [-0.1, -0.05) is 18.2 Å². The van der Waals surface area contributed by atoms with Crippen LogP contribution in [0.15, 0.2) is 71.6 Å². The topological polar surface area (TPSA) is 137 Å². The van der Waals surface area contributed by atoms with E-state index in [1.54, 1.807) is 49.4 Å². The maximum atomic E-state index is 12.9. The molecule has 3 aromatic rings. The lowest BCUT2D eigenvalue weighted by Gasteiger charge is -2.13. The SMILES string of the molecule is COc1ccc(NS(=O)(=O)c2cc(NC(=O)COc3ccccc3[N+](=O)[O-])ccc2C)cc1. The van der Waals surface area contributed by atoms with Gasteiger partial charge in [0.1, 0.15) is 5.75 Å². The van der Waals surface area contributed by atoms with Gasteiger partial charge >= 0.3 is 5.69 Å². The Labute approximate surface area is 190 Å². The van der Waals surface area contributed by atoms with E-state index < -0.39 is 27.5 Å². The molecule has 2 N–H and O–H groups in total. The third-order valence-electron chi connectivity index (χ3n) is 4.52. The highest BCUT2D eigenvalue weighted by atomic mass is 32.2. The van der Waals surface area contributed by atoms with Crippen molar-refractivity contribution < 1.29 is 27.6 Å². The molecule has 172 valence electrons. The highest BCUT2D eigenvalue weighted by Crippen LogP contribution is 2.26.